The molecule has 0 bridgehead atoms. The van der Waals surface area contributed by atoms with Crippen LogP contribution in [0.5, 0.6) is 0 Å². The van der Waals surface area contributed by atoms with Crippen LogP contribution in [0, 0.1) is 6.92 Å². The van der Waals surface area contributed by atoms with Crippen molar-refractivity contribution in [3.63, 3.8) is 0 Å². The van der Waals surface area contributed by atoms with Gasteiger partial charge in [-0.25, -0.2) is 0 Å². The molecule has 3 nitrogen and oxygen atoms in total. The van der Waals surface area contributed by atoms with Crippen LogP contribution in [0.4, 0.5) is 5.69 Å². The van der Waals surface area contributed by atoms with E-state index in [2.05, 4.69) is 49.9 Å². The summed E-state index contributed by atoms with van der Waals surface area (Å²) >= 11 is 5.45. The lowest BCUT2D eigenvalue weighted by molar-refractivity contribution is -0.916. The molecule has 0 amide bonds. The maximum Gasteiger partial charge on any atom is 0.171 e. The Morgan fingerprint density at radius 2 is 1.95 bits per heavy atom. The standard InChI is InChI=1S/C17H27N3S/c1-14-8-7-9-15(12-14)19-16(21)18-13-17(20(2)3)10-5-4-6-11-17/h7-9,12H,4-6,10-11,13H2,1-3H3,(H2,18,19,21)/p+1. The molecule has 116 valence electrons. The Kier molecular flexibility index (Phi) is 5.59. The number of anilines is 1. The number of benzene rings is 1. The summed E-state index contributed by atoms with van der Waals surface area (Å²) in [6.07, 6.45) is 6.63. The van der Waals surface area contributed by atoms with Crippen LogP contribution in [-0.4, -0.2) is 31.3 Å². The second-order valence-electron chi connectivity index (χ2n) is 6.52. The Bertz CT molecular complexity index is 479. The van der Waals surface area contributed by atoms with Crippen LogP contribution in [-0.2, 0) is 0 Å². The molecule has 0 heterocycles. The fourth-order valence-corrected chi connectivity index (χ4v) is 3.42. The minimum atomic E-state index is 0.330. The number of likely N-dealkylation sites (N-methyl/N-ethyl adjacent to an activating group) is 1. The summed E-state index contributed by atoms with van der Waals surface area (Å²) in [7, 11) is 4.54. The highest BCUT2D eigenvalue weighted by Gasteiger charge is 2.37. The Morgan fingerprint density at radius 3 is 2.57 bits per heavy atom. The predicted octanol–water partition coefficient (Wildman–Crippen LogP) is 2.13. The molecule has 2 rings (SSSR count). The van der Waals surface area contributed by atoms with E-state index in [9.17, 15) is 0 Å². The van der Waals surface area contributed by atoms with E-state index in [1.165, 1.54) is 42.6 Å². The number of aryl methyl sites for hydroxylation is 1. The fourth-order valence-electron chi connectivity index (χ4n) is 3.23. The summed E-state index contributed by atoms with van der Waals surface area (Å²) in [5.41, 5.74) is 2.63. The monoisotopic (exact) mass is 306 g/mol. The molecular formula is C17H28N3S+. The maximum atomic E-state index is 5.45. The van der Waals surface area contributed by atoms with E-state index in [0.717, 1.165) is 17.3 Å². The molecule has 0 aliphatic heterocycles. The molecule has 1 aromatic carbocycles. The molecule has 0 unspecified atom stereocenters. The van der Waals surface area contributed by atoms with Crippen LogP contribution < -0.4 is 15.5 Å². The lowest BCUT2D eigenvalue weighted by Gasteiger charge is -2.40. The molecule has 1 aromatic rings. The fraction of sp³-hybridized carbons (Fsp3) is 0.588. The third-order valence-corrected chi connectivity index (χ3v) is 4.98. The summed E-state index contributed by atoms with van der Waals surface area (Å²) in [6, 6.07) is 8.30. The van der Waals surface area contributed by atoms with Crippen molar-refractivity contribution in [3.8, 4) is 0 Å². The molecule has 1 aliphatic rings. The summed E-state index contributed by atoms with van der Waals surface area (Å²) in [4.78, 5) is 1.54. The highest BCUT2D eigenvalue weighted by Crippen LogP contribution is 2.24. The SMILES string of the molecule is Cc1cccc(NC(=S)NCC2([NH+](C)C)CCCCC2)c1. The zero-order valence-corrected chi connectivity index (χ0v) is 14.3. The third kappa shape index (κ3) is 4.42. The van der Waals surface area contributed by atoms with Crippen molar-refractivity contribution in [2.24, 2.45) is 0 Å². The van der Waals surface area contributed by atoms with Gasteiger partial charge in [0.25, 0.3) is 0 Å². The largest absolute Gasteiger partial charge is 0.356 e. The second kappa shape index (κ2) is 7.23. The average Bonchev–Trinajstić information content (AvgIpc) is 2.46. The minimum absolute atomic E-state index is 0.330. The Morgan fingerprint density at radius 1 is 1.24 bits per heavy atom. The summed E-state index contributed by atoms with van der Waals surface area (Å²) in [5.74, 6) is 0. The molecular weight excluding hydrogens is 278 g/mol. The van der Waals surface area contributed by atoms with Gasteiger partial charge in [-0.05, 0) is 49.7 Å². The van der Waals surface area contributed by atoms with Crippen LogP contribution in [0.1, 0.15) is 37.7 Å². The number of nitrogens with one attached hydrogen (secondary N) is 3. The van der Waals surface area contributed by atoms with E-state index in [1.54, 1.807) is 0 Å². The van der Waals surface area contributed by atoms with Gasteiger partial charge in [0.1, 0.15) is 5.54 Å². The zero-order valence-electron chi connectivity index (χ0n) is 13.5. The normalized spacial score (nSPS) is 17.5. The van der Waals surface area contributed by atoms with Crippen molar-refractivity contribution >= 4 is 23.0 Å². The number of rotatable bonds is 4. The van der Waals surface area contributed by atoms with Crippen LogP contribution in [0.25, 0.3) is 0 Å². The first-order valence-corrected chi connectivity index (χ1v) is 8.35. The van der Waals surface area contributed by atoms with E-state index < -0.39 is 0 Å². The van der Waals surface area contributed by atoms with Crippen molar-refractivity contribution < 1.29 is 4.90 Å². The third-order valence-electron chi connectivity index (χ3n) is 4.73. The predicted molar refractivity (Wildman–Crippen MR) is 94.0 cm³/mol. The number of quaternary nitrogens is 1. The minimum Gasteiger partial charge on any atom is -0.356 e. The quantitative estimate of drug-likeness (QED) is 0.744. The number of hydrogen-bond acceptors (Lipinski definition) is 1. The molecule has 1 saturated carbocycles. The molecule has 3 N–H and O–H groups in total. The summed E-state index contributed by atoms with van der Waals surface area (Å²) < 4.78 is 0. The van der Waals surface area contributed by atoms with Gasteiger partial charge in [-0.3, -0.25) is 0 Å². The highest BCUT2D eigenvalue weighted by atomic mass is 32.1. The van der Waals surface area contributed by atoms with E-state index in [0.29, 0.717) is 5.54 Å². The van der Waals surface area contributed by atoms with Crippen LogP contribution in [0.2, 0.25) is 0 Å². The number of thiocarbonyl (C=S) groups is 1. The first kappa shape index (κ1) is 16.2. The van der Waals surface area contributed by atoms with Gasteiger partial charge in [0, 0.05) is 18.5 Å². The van der Waals surface area contributed by atoms with Gasteiger partial charge in [-0.2, -0.15) is 0 Å². The first-order chi connectivity index (χ1) is 10.0. The van der Waals surface area contributed by atoms with Crippen molar-refractivity contribution in [2.75, 3.05) is 26.0 Å². The Balaban J connectivity index is 1.90. The number of hydrogen-bond donors (Lipinski definition) is 3. The first-order valence-electron chi connectivity index (χ1n) is 7.94. The van der Waals surface area contributed by atoms with Crippen molar-refractivity contribution in [1.82, 2.24) is 5.32 Å². The average molecular weight is 306 g/mol. The van der Waals surface area contributed by atoms with Gasteiger partial charge in [-0.15, -0.1) is 0 Å². The van der Waals surface area contributed by atoms with Gasteiger partial charge >= 0.3 is 0 Å². The molecule has 1 fully saturated rings. The molecule has 1 aliphatic carbocycles. The smallest absolute Gasteiger partial charge is 0.171 e. The molecule has 0 atom stereocenters. The molecule has 0 radical (unpaired) electrons. The van der Waals surface area contributed by atoms with Gasteiger partial charge < -0.3 is 15.5 Å². The van der Waals surface area contributed by atoms with Crippen LogP contribution in [0.3, 0.4) is 0 Å². The van der Waals surface area contributed by atoms with Gasteiger partial charge in [0.15, 0.2) is 5.11 Å². The van der Waals surface area contributed by atoms with Gasteiger partial charge in [-0.1, -0.05) is 18.6 Å². The Labute approximate surface area is 134 Å². The summed E-state index contributed by atoms with van der Waals surface area (Å²) in [6.45, 7) is 3.04. The topological polar surface area (TPSA) is 28.5 Å². The van der Waals surface area contributed by atoms with E-state index in [-0.39, 0.29) is 0 Å². The highest BCUT2D eigenvalue weighted by molar-refractivity contribution is 7.80. The van der Waals surface area contributed by atoms with Crippen LogP contribution in [0.15, 0.2) is 24.3 Å². The molecule has 0 saturated heterocycles. The lowest BCUT2D eigenvalue weighted by atomic mass is 9.80. The molecule has 0 aromatic heterocycles. The second-order valence-corrected chi connectivity index (χ2v) is 6.93. The molecule has 0 spiro atoms. The molecule has 4 heteroatoms. The van der Waals surface area contributed by atoms with Crippen molar-refractivity contribution in [2.45, 2.75) is 44.6 Å². The van der Waals surface area contributed by atoms with E-state index >= 15 is 0 Å². The van der Waals surface area contributed by atoms with Crippen molar-refractivity contribution in [1.29, 1.82) is 0 Å². The van der Waals surface area contributed by atoms with E-state index in [1.807, 2.05) is 6.07 Å². The van der Waals surface area contributed by atoms with Gasteiger partial charge in [0.2, 0.25) is 0 Å². The zero-order chi connectivity index (χ0) is 15.3. The van der Waals surface area contributed by atoms with Gasteiger partial charge in [0.05, 0.1) is 20.6 Å². The summed E-state index contributed by atoms with van der Waals surface area (Å²) in [5, 5.41) is 7.46. The Hall–Kier alpha value is -1.13. The lowest BCUT2D eigenvalue weighted by Crippen LogP contribution is -3.16. The molecule has 21 heavy (non-hydrogen) atoms. The van der Waals surface area contributed by atoms with Crippen molar-refractivity contribution in [3.05, 3.63) is 29.8 Å². The van der Waals surface area contributed by atoms with Crippen LogP contribution >= 0.6 is 12.2 Å². The maximum absolute atomic E-state index is 5.45. The van der Waals surface area contributed by atoms with E-state index in [4.69, 9.17) is 12.2 Å².